The molecule has 3 aromatic rings. The van der Waals surface area contributed by atoms with Crippen molar-refractivity contribution in [3.63, 3.8) is 0 Å². The van der Waals surface area contributed by atoms with Gasteiger partial charge in [0, 0.05) is 0 Å². The van der Waals surface area contributed by atoms with Gasteiger partial charge >= 0.3 is 0 Å². The van der Waals surface area contributed by atoms with Crippen molar-refractivity contribution < 1.29 is 9.47 Å². The van der Waals surface area contributed by atoms with E-state index in [2.05, 4.69) is 42.5 Å². The molecular weight excluding hydrogens is 396 g/mol. The van der Waals surface area contributed by atoms with Gasteiger partial charge in [-0.1, -0.05) is 6.07 Å². The number of nitrogens with zero attached hydrogens (tertiary/aromatic N) is 2. The molecule has 6 nitrogen and oxygen atoms in total. The summed E-state index contributed by atoms with van der Waals surface area (Å²) in [7, 11) is 0. The molecule has 1 aromatic heterocycles. The van der Waals surface area contributed by atoms with Crippen molar-refractivity contribution in [2.45, 2.75) is 20.8 Å². The third-order valence-electron chi connectivity index (χ3n) is 3.64. The van der Waals surface area contributed by atoms with E-state index in [4.69, 9.17) is 9.47 Å². The lowest BCUT2D eigenvalue weighted by molar-refractivity contribution is 0.286. The van der Waals surface area contributed by atoms with Gasteiger partial charge in [0.25, 0.3) is 0 Å². The number of hydrogen-bond acceptors (Lipinski definition) is 5. The van der Waals surface area contributed by atoms with E-state index in [1.807, 2.05) is 45.0 Å². The average molecular weight is 417 g/mol. The zero-order valence-corrected chi connectivity index (χ0v) is 16.6. The van der Waals surface area contributed by atoms with Crippen LogP contribution >= 0.6 is 15.9 Å². The molecule has 0 bridgehead atoms. The topological polar surface area (TPSA) is 71.5 Å². The predicted molar refractivity (Wildman–Crippen MR) is 109 cm³/mol. The summed E-state index contributed by atoms with van der Waals surface area (Å²) < 4.78 is 12.1. The Balaban J connectivity index is 1.78. The summed E-state index contributed by atoms with van der Waals surface area (Å²) >= 11 is 3.53. The van der Waals surface area contributed by atoms with Crippen LogP contribution in [-0.4, -0.2) is 29.4 Å². The van der Waals surface area contributed by atoms with Crippen LogP contribution in [0.5, 0.6) is 11.5 Å². The van der Waals surface area contributed by atoms with E-state index in [0.29, 0.717) is 30.7 Å². The van der Waals surface area contributed by atoms with Crippen LogP contribution in [0.3, 0.4) is 0 Å². The number of nitrogens with one attached hydrogen (secondary N) is 2. The Morgan fingerprint density at radius 3 is 2.77 bits per heavy atom. The number of H-pyrrole nitrogens is 1. The van der Waals surface area contributed by atoms with Crippen LogP contribution in [0.4, 0.5) is 5.95 Å². The van der Waals surface area contributed by atoms with Crippen molar-refractivity contribution in [3.05, 3.63) is 45.9 Å². The van der Waals surface area contributed by atoms with Crippen molar-refractivity contribution in [1.82, 2.24) is 9.97 Å². The highest BCUT2D eigenvalue weighted by molar-refractivity contribution is 9.10. The van der Waals surface area contributed by atoms with Crippen LogP contribution in [0.2, 0.25) is 0 Å². The van der Waals surface area contributed by atoms with Crippen LogP contribution in [0.1, 0.15) is 25.0 Å². The van der Waals surface area contributed by atoms with Crippen molar-refractivity contribution >= 4 is 39.1 Å². The molecule has 136 valence electrons. The van der Waals surface area contributed by atoms with Gasteiger partial charge in [0.15, 0.2) is 11.5 Å². The van der Waals surface area contributed by atoms with E-state index in [0.717, 1.165) is 21.1 Å². The minimum Gasteiger partial charge on any atom is -0.490 e. The fourth-order valence-corrected chi connectivity index (χ4v) is 3.13. The summed E-state index contributed by atoms with van der Waals surface area (Å²) in [6, 6.07) is 9.89. The molecule has 0 saturated carbocycles. The second-order valence-electron chi connectivity index (χ2n) is 5.67. The Bertz CT molecular complexity index is 937. The molecule has 2 N–H and O–H groups in total. The number of anilines is 1. The number of benzene rings is 2. The zero-order valence-electron chi connectivity index (χ0n) is 15.0. The number of ether oxygens (including phenoxy) is 2. The third kappa shape index (κ3) is 4.16. The number of aromatic nitrogens is 2. The van der Waals surface area contributed by atoms with Crippen LogP contribution in [0.25, 0.3) is 11.0 Å². The Morgan fingerprint density at radius 2 is 2.00 bits per heavy atom. The van der Waals surface area contributed by atoms with Crippen molar-refractivity contribution in [2.75, 3.05) is 18.6 Å². The maximum atomic E-state index is 5.67. The molecule has 0 saturated heterocycles. The van der Waals surface area contributed by atoms with Gasteiger partial charge in [-0.25, -0.2) is 10.4 Å². The van der Waals surface area contributed by atoms with Gasteiger partial charge in [-0.15, -0.1) is 0 Å². The van der Waals surface area contributed by atoms with E-state index in [9.17, 15) is 0 Å². The molecule has 0 aliphatic rings. The largest absolute Gasteiger partial charge is 0.490 e. The number of fused-ring (bicyclic) bond motifs is 1. The molecule has 1 heterocycles. The molecule has 26 heavy (non-hydrogen) atoms. The molecule has 0 spiro atoms. The van der Waals surface area contributed by atoms with E-state index < -0.39 is 0 Å². The van der Waals surface area contributed by atoms with Crippen LogP contribution in [-0.2, 0) is 0 Å². The number of aromatic amines is 1. The first-order chi connectivity index (χ1) is 12.6. The molecule has 2 aromatic carbocycles. The van der Waals surface area contributed by atoms with Crippen LogP contribution < -0.4 is 14.9 Å². The summed E-state index contributed by atoms with van der Waals surface area (Å²) in [5, 5.41) is 4.26. The first-order valence-corrected chi connectivity index (χ1v) is 9.24. The third-order valence-corrected chi connectivity index (χ3v) is 4.23. The van der Waals surface area contributed by atoms with Gasteiger partial charge in [-0.3, -0.25) is 0 Å². The van der Waals surface area contributed by atoms with Gasteiger partial charge in [0.1, 0.15) is 0 Å². The Hall–Kier alpha value is -2.54. The minimum atomic E-state index is 0.559. The van der Waals surface area contributed by atoms with E-state index >= 15 is 0 Å². The highest BCUT2D eigenvalue weighted by atomic mass is 79.9. The van der Waals surface area contributed by atoms with Gasteiger partial charge in [0.05, 0.1) is 34.9 Å². The first kappa shape index (κ1) is 18.3. The average Bonchev–Trinajstić information content (AvgIpc) is 3.00. The Kier molecular flexibility index (Phi) is 5.78. The van der Waals surface area contributed by atoms with Crippen LogP contribution in [0, 0.1) is 6.92 Å². The smallest absolute Gasteiger partial charge is 0.222 e. The summed E-state index contributed by atoms with van der Waals surface area (Å²) in [6.45, 7) is 7.06. The number of hydrazone groups is 1. The highest BCUT2D eigenvalue weighted by Gasteiger charge is 2.11. The second-order valence-corrected chi connectivity index (χ2v) is 6.53. The maximum absolute atomic E-state index is 5.67. The van der Waals surface area contributed by atoms with Gasteiger partial charge in [-0.05, 0) is 72.1 Å². The summed E-state index contributed by atoms with van der Waals surface area (Å²) in [6.07, 6.45) is 1.71. The lowest BCUT2D eigenvalue weighted by atomic mass is 10.2. The predicted octanol–water partition coefficient (Wildman–Crippen LogP) is 4.88. The Morgan fingerprint density at radius 1 is 1.19 bits per heavy atom. The molecule has 0 atom stereocenters. The van der Waals surface area contributed by atoms with Gasteiger partial charge in [-0.2, -0.15) is 5.10 Å². The number of imidazole rings is 1. The van der Waals surface area contributed by atoms with E-state index in [1.165, 1.54) is 5.56 Å². The van der Waals surface area contributed by atoms with Crippen molar-refractivity contribution in [1.29, 1.82) is 0 Å². The molecular formula is C19H21BrN4O2. The highest BCUT2D eigenvalue weighted by Crippen LogP contribution is 2.36. The molecule has 0 aliphatic heterocycles. The molecule has 7 heteroatoms. The number of aryl methyl sites for hydroxylation is 1. The monoisotopic (exact) mass is 416 g/mol. The van der Waals surface area contributed by atoms with Crippen LogP contribution in [0.15, 0.2) is 39.9 Å². The van der Waals surface area contributed by atoms with Gasteiger partial charge in [0.2, 0.25) is 5.95 Å². The SMILES string of the molecule is CCOc1cc(/C=N\Nc2nc3ccc(C)cc3[nH]2)cc(Br)c1OCC. The second kappa shape index (κ2) is 8.23. The lowest BCUT2D eigenvalue weighted by Gasteiger charge is -2.13. The number of hydrogen-bond donors (Lipinski definition) is 2. The zero-order chi connectivity index (χ0) is 18.5. The van der Waals surface area contributed by atoms with Crippen molar-refractivity contribution in [2.24, 2.45) is 5.10 Å². The normalized spacial score (nSPS) is 11.2. The summed E-state index contributed by atoms with van der Waals surface area (Å²) in [5.41, 5.74) is 6.86. The molecule has 0 amide bonds. The minimum absolute atomic E-state index is 0.559. The quantitative estimate of drug-likeness (QED) is 0.425. The Labute approximate surface area is 160 Å². The fraction of sp³-hybridized carbons (Fsp3) is 0.263. The number of rotatable bonds is 7. The lowest BCUT2D eigenvalue weighted by Crippen LogP contribution is -2.00. The number of halogens is 1. The molecule has 3 rings (SSSR count). The van der Waals surface area contributed by atoms with Crippen molar-refractivity contribution in [3.8, 4) is 11.5 Å². The molecule has 0 radical (unpaired) electrons. The summed E-state index contributed by atoms with van der Waals surface area (Å²) in [5.74, 6) is 1.98. The first-order valence-electron chi connectivity index (χ1n) is 8.45. The molecule has 0 aliphatic carbocycles. The standard InChI is InChI=1S/C19H21BrN4O2/c1-4-25-17-10-13(9-14(20)18(17)26-5-2)11-21-24-19-22-15-7-6-12(3)8-16(15)23-19/h6-11H,4-5H2,1-3H3,(H2,22,23,24)/b21-11-. The molecule has 0 unspecified atom stereocenters. The van der Waals surface area contributed by atoms with Gasteiger partial charge < -0.3 is 14.5 Å². The molecule has 0 fully saturated rings. The van der Waals surface area contributed by atoms with E-state index in [-0.39, 0.29) is 0 Å². The summed E-state index contributed by atoms with van der Waals surface area (Å²) in [4.78, 5) is 7.66. The maximum Gasteiger partial charge on any atom is 0.222 e. The fourth-order valence-electron chi connectivity index (χ4n) is 2.55. The van der Waals surface area contributed by atoms with E-state index in [1.54, 1.807) is 6.21 Å².